The molecular formula is C12H8BrNO5S. The molecule has 0 aliphatic carbocycles. The minimum atomic E-state index is -1.27. The number of nitro groups is 1. The van der Waals surface area contributed by atoms with Crippen LogP contribution in [0.3, 0.4) is 0 Å². The zero-order chi connectivity index (χ0) is 14.7. The van der Waals surface area contributed by atoms with Gasteiger partial charge in [-0.1, -0.05) is 6.07 Å². The van der Waals surface area contributed by atoms with Gasteiger partial charge in [0.1, 0.15) is 12.2 Å². The average Bonchev–Trinajstić information content (AvgIpc) is 2.81. The first-order valence-corrected chi connectivity index (χ1v) is 6.97. The molecular weight excluding hydrogens is 350 g/mol. The Hall–Kier alpha value is -1.93. The number of carboxylic acid groups (broad SMARTS) is 1. The normalized spacial score (nSPS) is 10.2. The molecule has 1 aromatic heterocycles. The number of benzene rings is 1. The Labute approximate surface area is 125 Å². The van der Waals surface area contributed by atoms with Crippen LogP contribution in [0, 0.1) is 10.1 Å². The van der Waals surface area contributed by atoms with Crippen molar-refractivity contribution in [2.75, 3.05) is 0 Å². The number of hydrogen-bond donors (Lipinski definition) is 1. The highest BCUT2D eigenvalue weighted by Crippen LogP contribution is 2.32. The lowest BCUT2D eigenvalue weighted by molar-refractivity contribution is -0.386. The van der Waals surface area contributed by atoms with Crippen LogP contribution in [-0.2, 0) is 6.61 Å². The molecule has 2 aromatic rings. The van der Waals surface area contributed by atoms with Gasteiger partial charge in [0.05, 0.1) is 8.71 Å². The van der Waals surface area contributed by atoms with Crippen LogP contribution in [0.1, 0.15) is 15.2 Å². The lowest BCUT2D eigenvalue weighted by Gasteiger charge is -2.08. The zero-order valence-electron chi connectivity index (χ0n) is 9.91. The minimum absolute atomic E-state index is 0.0708. The summed E-state index contributed by atoms with van der Waals surface area (Å²) in [4.78, 5) is 22.2. The van der Waals surface area contributed by atoms with Crippen molar-refractivity contribution in [3.05, 3.63) is 54.7 Å². The fourth-order valence-electron chi connectivity index (χ4n) is 1.56. The Kier molecular flexibility index (Phi) is 4.35. The topological polar surface area (TPSA) is 89.7 Å². The number of halogens is 1. The lowest BCUT2D eigenvalue weighted by atomic mass is 10.1. The maximum atomic E-state index is 11.1. The van der Waals surface area contributed by atoms with E-state index in [-0.39, 0.29) is 23.6 Å². The molecule has 1 N–H and O–H groups in total. The van der Waals surface area contributed by atoms with Crippen molar-refractivity contribution >= 4 is 38.9 Å². The molecule has 8 heteroatoms. The van der Waals surface area contributed by atoms with E-state index in [0.717, 1.165) is 8.66 Å². The van der Waals surface area contributed by atoms with Crippen LogP contribution >= 0.6 is 27.3 Å². The van der Waals surface area contributed by atoms with Gasteiger partial charge in [-0.2, -0.15) is 0 Å². The van der Waals surface area contributed by atoms with Crippen LogP contribution in [0.5, 0.6) is 5.75 Å². The SMILES string of the molecule is O=C(O)c1cccc([N+](=O)[O-])c1OCc1ccc(Br)s1. The summed E-state index contributed by atoms with van der Waals surface area (Å²) in [7, 11) is 0. The molecule has 0 spiro atoms. The number of para-hydroxylation sites is 1. The summed E-state index contributed by atoms with van der Waals surface area (Å²) in [6, 6.07) is 7.42. The van der Waals surface area contributed by atoms with E-state index in [0.29, 0.717) is 0 Å². The molecule has 0 unspecified atom stereocenters. The Morgan fingerprint density at radius 1 is 1.40 bits per heavy atom. The van der Waals surface area contributed by atoms with E-state index in [1.54, 1.807) is 6.07 Å². The first-order valence-electron chi connectivity index (χ1n) is 5.36. The van der Waals surface area contributed by atoms with Gasteiger partial charge in [-0.15, -0.1) is 11.3 Å². The van der Waals surface area contributed by atoms with E-state index >= 15 is 0 Å². The molecule has 0 bridgehead atoms. The third kappa shape index (κ3) is 3.14. The van der Waals surface area contributed by atoms with Gasteiger partial charge in [0.25, 0.3) is 0 Å². The monoisotopic (exact) mass is 357 g/mol. The molecule has 0 atom stereocenters. The fourth-order valence-corrected chi connectivity index (χ4v) is 2.96. The summed E-state index contributed by atoms with van der Waals surface area (Å²) in [6.45, 7) is 0.0708. The number of nitrogens with zero attached hydrogens (tertiary/aromatic N) is 1. The molecule has 0 saturated heterocycles. The number of nitro benzene ring substituents is 1. The Morgan fingerprint density at radius 2 is 2.15 bits per heavy atom. The van der Waals surface area contributed by atoms with E-state index in [1.165, 1.54) is 29.5 Å². The van der Waals surface area contributed by atoms with Gasteiger partial charge < -0.3 is 9.84 Å². The summed E-state index contributed by atoms with van der Waals surface area (Å²) in [5.74, 6) is -1.49. The van der Waals surface area contributed by atoms with E-state index in [9.17, 15) is 14.9 Å². The van der Waals surface area contributed by atoms with Crippen molar-refractivity contribution in [2.45, 2.75) is 6.61 Å². The number of thiophene rings is 1. The molecule has 0 aliphatic heterocycles. The number of carboxylic acids is 1. The van der Waals surface area contributed by atoms with Gasteiger partial charge in [0.15, 0.2) is 0 Å². The van der Waals surface area contributed by atoms with Gasteiger partial charge in [-0.3, -0.25) is 10.1 Å². The second-order valence-electron chi connectivity index (χ2n) is 3.71. The molecule has 1 aromatic carbocycles. The van der Waals surface area contributed by atoms with Crippen LogP contribution in [0.15, 0.2) is 34.1 Å². The highest BCUT2D eigenvalue weighted by Gasteiger charge is 2.23. The molecule has 104 valence electrons. The highest BCUT2D eigenvalue weighted by atomic mass is 79.9. The van der Waals surface area contributed by atoms with Crippen LogP contribution in [0.2, 0.25) is 0 Å². The Balaban J connectivity index is 2.32. The number of rotatable bonds is 5. The van der Waals surface area contributed by atoms with E-state index in [2.05, 4.69) is 15.9 Å². The molecule has 0 aliphatic rings. The lowest BCUT2D eigenvalue weighted by Crippen LogP contribution is -2.05. The summed E-state index contributed by atoms with van der Waals surface area (Å²) >= 11 is 4.70. The minimum Gasteiger partial charge on any atom is -0.480 e. The molecule has 0 saturated carbocycles. The van der Waals surface area contributed by atoms with Gasteiger partial charge in [-0.25, -0.2) is 4.79 Å². The van der Waals surface area contributed by atoms with Gasteiger partial charge in [0, 0.05) is 10.9 Å². The summed E-state index contributed by atoms with van der Waals surface area (Å²) in [5, 5.41) is 20.0. The predicted octanol–water partition coefficient (Wildman–Crippen LogP) is 3.70. The van der Waals surface area contributed by atoms with Gasteiger partial charge >= 0.3 is 11.7 Å². The van der Waals surface area contributed by atoms with Gasteiger partial charge in [-0.05, 0) is 34.1 Å². The smallest absolute Gasteiger partial charge is 0.339 e. The third-order valence-corrected chi connectivity index (χ3v) is 4.01. The molecule has 2 rings (SSSR count). The highest BCUT2D eigenvalue weighted by molar-refractivity contribution is 9.11. The van der Waals surface area contributed by atoms with Crippen LogP contribution in [0.4, 0.5) is 5.69 Å². The van der Waals surface area contributed by atoms with Crippen molar-refractivity contribution < 1.29 is 19.6 Å². The standard InChI is InChI=1S/C12H8BrNO5S/c13-10-5-4-7(20-10)6-19-11-8(12(15)16)2-1-3-9(11)14(17)18/h1-5H,6H2,(H,15,16). The van der Waals surface area contributed by atoms with Crippen molar-refractivity contribution in [2.24, 2.45) is 0 Å². The van der Waals surface area contributed by atoms with Crippen molar-refractivity contribution in [1.29, 1.82) is 0 Å². The van der Waals surface area contributed by atoms with Crippen LogP contribution < -0.4 is 4.74 Å². The van der Waals surface area contributed by atoms with Gasteiger partial charge in [0.2, 0.25) is 5.75 Å². The average molecular weight is 358 g/mol. The molecule has 0 amide bonds. The van der Waals surface area contributed by atoms with Crippen LogP contribution in [-0.4, -0.2) is 16.0 Å². The van der Waals surface area contributed by atoms with E-state index in [4.69, 9.17) is 9.84 Å². The molecule has 20 heavy (non-hydrogen) atoms. The van der Waals surface area contributed by atoms with Crippen LogP contribution in [0.25, 0.3) is 0 Å². The van der Waals surface area contributed by atoms with E-state index in [1.807, 2.05) is 6.07 Å². The summed E-state index contributed by atoms with van der Waals surface area (Å²) in [6.07, 6.45) is 0. The van der Waals surface area contributed by atoms with E-state index < -0.39 is 10.9 Å². The quantitative estimate of drug-likeness (QED) is 0.650. The first kappa shape index (κ1) is 14.5. The van der Waals surface area contributed by atoms with Crippen molar-refractivity contribution in [3.63, 3.8) is 0 Å². The zero-order valence-corrected chi connectivity index (χ0v) is 12.3. The maximum Gasteiger partial charge on any atom is 0.339 e. The predicted molar refractivity (Wildman–Crippen MR) is 76.4 cm³/mol. The third-order valence-electron chi connectivity index (χ3n) is 2.41. The number of carbonyl (C=O) groups is 1. The first-order chi connectivity index (χ1) is 9.49. The molecule has 0 radical (unpaired) electrons. The summed E-state index contributed by atoms with van der Waals surface area (Å²) in [5.41, 5.74) is -0.588. The largest absolute Gasteiger partial charge is 0.480 e. The molecule has 1 heterocycles. The summed E-state index contributed by atoms with van der Waals surface area (Å²) < 4.78 is 6.26. The van der Waals surface area contributed by atoms with Crippen molar-refractivity contribution in [1.82, 2.24) is 0 Å². The number of aromatic carboxylic acids is 1. The maximum absolute atomic E-state index is 11.1. The number of ether oxygens (including phenoxy) is 1. The van der Waals surface area contributed by atoms with Crippen molar-refractivity contribution in [3.8, 4) is 5.75 Å². The molecule has 0 fully saturated rings. The Bertz CT molecular complexity index is 637. The fraction of sp³-hybridized carbons (Fsp3) is 0.0833. The Morgan fingerprint density at radius 3 is 2.70 bits per heavy atom. The second-order valence-corrected chi connectivity index (χ2v) is 6.26. The second kappa shape index (κ2) is 6.02. The number of hydrogen-bond acceptors (Lipinski definition) is 5. The molecule has 6 nitrogen and oxygen atoms in total.